The predicted octanol–water partition coefficient (Wildman–Crippen LogP) is 2.43. The van der Waals surface area contributed by atoms with Crippen LogP contribution >= 0.6 is 0 Å². The van der Waals surface area contributed by atoms with Crippen molar-refractivity contribution < 1.29 is 9.84 Å². The summed E-state index contributed by atoms with van der Waals surface area (Å²) in [7, 11) is 1.45. The third kappa shape index (κ3) is 2.39. The van der Waals surface area contributed by atoms with Gasteiger partial charge in [0.15, 0.2) is 11.5 Å². The third-order valence-electron chi connectivity index (χ3n) is 4.21. The number of nitrogens with zero attached hydrogens (tertiary/aromatic N) is 1. The molecule has 0 heterocycles. The number of benzene rings is 1. The number of aromatic hydroxyl groups is 1. The second-order valence-electron chi connectivity index (χ2n) is 5.23. The summed E-state index contributed by atoms with van der Waals surface area (Å²) in [5, 5.41) is 19.2. The first-order valence-corrected chi connectivity index (χ1v) is 6.68. The number of hydrogen-bond acceptors (Lipinski definition) is 4. The fourth-order valence-electron chi connectivity index (χ4n) is 3.06. The number of phenols is 1. The molecule has 0 bridgehead atoms. The highest BCUT2D eigenvalue weighted by atomic mass is 16.5. The minimum Gasteiger partial charge on any atom is -0.504 e. The Morgan fingerprint density at radius 2 is 2.05 bits per heavy atom. The van der Waals surface area contributed by atoms with Gasteiger partial charge in [-0.2, -0.15) is 5.26 Å². The smallest absolute Gasteiger partial charge is 0.178 e. The van der Waals surface area contributed by atoms with Crippen LogP contribution < -0.4 is 10.5 Å². The normalized spacial score (nSPS) is 17.7. The number of phenolic OH excluding ortho intramolecular Hbond substituents is 1. The van der Waals surface area contributed by atoms with Crippen molar-refractivity contribution >= 4 is 0 Å². The van der Waals surface area contributed by atoms with E-state index in [4.69, 9.17) is 10.5 Å². The molecule has 1 aromatic carbocycles. The van der Waals surface area contributed by atoms with Crippen molar-refractivity contribution in [3.8, 4) is 17.6 Å². The molecule has 0 saturated heterocycles. The van der Waals surface area contributed by atoms with Gasteiger partial charge in [-0.1, -0.05) is 19.3 Å². The molecule has 2 rings (SSSR count). The van der Waals surface area contributed by atoms with Crippen molar-refractivity contribution in [2.45, 2.75) is 37.5 Å². The van der Waals surface area contributed by atoms with E-state index in [0.29, 0.717) is 12.1 Å². The lowest BCUT2D eigenvalue weighted by Crippen LogP contribution is -2.37. The minimum absolute atomic E-state index is 0.0231. The van der Waals surface area contributed by atoms with Crippen LogP contribution in [0.1, 0.15) is 43.2 Å². The molecule has 1 saturated carbocycles. The zero-order valence-electron chi connectivity index (χ0n) is 11.3. The van der Waals surface area contributed by atoms with Gasteiger partial charge in [0.1, 0.15) is 6.07 Å². The molecule has 102 valence electrons. The van der Waals surface area contributed by atoms with Crippen LogP contribution in [0.25, 0.3) is 0 Å². The van der Waals surface area contributed by atoms with E-state index in [1.165, 1.54) is 13.5 Å². The number of methoxy groups -OCH3 is 1. The minimum atomic E-state index is -0.104. The Morgan fingerprint density at radius 1 is 1.37 bits per heavy atom. The molecule has 1 aromatic rings. The van der Waals surface area contributed by atoms with Crippen LogP contribution in [0.15, 0.2) is 12.1 Å². The monoisotopic (exact) mass is 260 g/mol. The van der Waals surface area contributed by atoms with Crippen LogP contribution in [0, 0.1) is 11.3 Å². The largest absolute Gasteiger partial charge is 0.504 e. The number of nitriles is 1. The molecule has 0 amide bonds. The predicted molar refractivity (Wildman–Crippen MR) is 73.2 cm³/mol. The number of nitrogens with two attached hydrogens (primary N) is 1. The number of rotatable bonds is 3. The molecule has 0 atom stereocenters. The highest BCUT2D eigenvalue weighted by molar-refractivity contribution is 5.55. The molecule has 1 fully saturated rings. The molecule has 19 heavy (non-hydrogen) atoms. The van der Waals surface area contributed by atoms with Crippen molar-refractivity contribution in [3.05, 3.63) is 23.3 Å². The third-order valence-corrected chi connectivity index (χ3v) is 4.21. The maximum absolute atomic E-state index is 10.0. The van der Waals surface area contributed by atoms with Gasteiger partial charge in [0.05, 0.1) is 12.7 Å². The second-order valence-corrected chi connectivity index (χ2v) is 5.23. The highest BCUT2D eigenvalue weighted by Crippen LogP contribution is 2.42. The lowest BCUT2D eigenvalue weighted by Gasteiger charge is -2.37. The summed E-state index contributed by atoms with van der Waals surface area (Å²) in [6.45, 7) is 0.545. The van der Waals surface area contributed by atoms with E-state index in [9.17, 15) is 10.4 Å². The van der Waals surface area contributed by atoms with Gasteiger partial charge < -0.3 is 15.6 Å². The average molecular weight is 260 g/mol. The first kappa shape index (κ1) is 13.7. The van der Waals surface area contributed by atoms with Crippen molar-refractivity contribution in [2.75, 3.05) is 13.7 Å². The Bertz CT molecular complexity index is 500. The number of ether oxygens (including phenoxy) is 1. The molecule has 4 heteroatoms. The van der Waals surface area contributed by atoms with E-state index in [-0.39, 0.29) is 16.9 Å². The maximum atomic E-state index is 10.0. The molecule has 0 unspecified atom stereocenters. The fourth-order valence-corrected chi connectivity index (χ4v) is 3.06. The summed E-state index contributed by atoms with van der Waals surface area (Å²) < 4.78 is 5.07. The van der Waals surface area contributed by atoms with E-state index in [2.05, 4.69) is 6.07 Å². The van der Waals surface area contributed by atoms with E-state index in [0.717, 1.165) is 31.2 Å². The lowest BCUT2D eigenvalue weighted by molar-refractivity contribution is 0.298. The van der Waals surface area contributed by atoms with Gasteiger partial charge in [0.2, 0.25) is 0 Å². The summed E-state index contributed by atoms with van der Waals surface area (Å²) >= 11 is 0. The quantitative estimate of drug-likeness (QED) is 0.874. The Balaban J connectivity index is 2.50. The second kappa shape index (κ2) is 5.50. The van der Waals surface area contributed by atoms with Gasteiger partial charge in [0, 0.05) is 12.0 Å². The lowest BCUT2D eigenvalue weighted by atomic mass is 9.69. The molecule has 3 N–H and O–H groups in total. The summed E-state index contributed by atoms with van der Waals surface area (Å²) in [6, 6.07) is 5.60. The van der Waals surface area contributed by atoms with Gasteiger partial charge in [0.25, 0.3) is 0 Å². The molecular weight excluding hydrogens is 240 g/mol. The summed E-state index contributed by atoms with van der Waals surface area (Å²) in [5.74, 6) is 0.268. The first-order chi connectivity index (χ1) is 9.16. The van der Waals surface area contributed by atoms with Crippen molar-refractivity contribution in [3.63, 3.8) is 0 Å². The summed E-state index contributed by atoms with van der Waals surface area (Å²) in [6.07, 6.45) is 5.55. The molecule has 1 aliphatic carbocycles. The van der Waals surface area contributed by atoms with E-state index in [1.54, 1.807) is 6.07 Å². The number of hydrogen-bond donors (Lipinski definition) is 2. The van der Waals surface area contributed by atoms with Gasteiger partial charge in [-0.15, -0.1) is 0 Å². The van der Waals surface area contributed by atoms with E-state index < -0.39 is 0 Å². The zero-order chi connectivity index (χ0) is 13.9. The molecule has 4 nitrogen and oxygen atoms in total. The molecule has 0 radical (unpaired) electrons. The Kier molecular flexibility index (Phi) is 3.96. The van der Waals surface area contributed by atoms with E-state index >= 15 is 0 Å². The average Bonchev–Trinajstić information content (AvgIpc) is 2.47. The van der Waals surface area contributed by atoms with Crippen molar-refractivity contribution in [1.82, 2.24) is 0 Å². The van der Waals surface area contributed by atoms with Crippen molar-refractivity contribution in [1.29, 1.82) is 5.26 Å². The van der Waals surface area contributed by atoms with Gasteiger partial charge in [-0.3, -0.25) is 0 Å². The van der Waals surface area contributed by atoms with Crippen LogP contribution in [-0.2, 0) is 5.41 Å². The van der Waals surface area contributed by atoms with Crippen molar-refractivity contribution in [2.24, 2.45) is 5.73 Å². The SMILES string of the molecule is COc1c(O)cc(C2(CN)CCCCC2)cc1C#N. The van der Waals surface area contributed by atoms with Gasteiger partial charge in [-0.05, 0) is 30.5 Å². The molecule has 0 aromatic heterocycles. The molecular formula is C15H20N2O2. The van der Waals surface area contributed by atoms with Crippen LogP contribution in [0.2, 0.25) is 0 Å². The Morgan fingerprint density at radius 3 is 2.58 bits per heavy atom. The molecule has 1 aliphatic rings. The maximum Gasteiger partial charge on any atom is 0.178 e. The zero-order valence-corrected chi connectivity index (χ0v) is 11.3. The van der Waals surface area contributed by atoms with Crippen LogP contribution in [-0.4, -0.2) is 18.8 Å². The molecule has 0 spiro atoms. The topological polar surface area (TPSA) is 79.3 Å². The van der Waals surface area contributed by atoms with Crippen LogP contribution in [0.3, 0.4) is 0 Å². The highest BCUT2D eigenvalue weighted by Gasteiger charge is 2.33. The fraction of sp³-hybridized carbons (Fsp3) is 0.533. The first-order valence-electron chi connectivity index (χ1n) is 6.68. The Labute approximate surface area is 113 Å². The van der Waals surface area contributed by atoms with E-state index in [1.807, 2.05) is 6.07 Å². The summed E-state index contributed by atoms with van der Waals surface area (Å²) in [4.78, 5) is 0. The standard InChI is InChI=1S/C15H20N2O2/c1-19-14-11(9-16)7-12(8-13(14)18)15(10-17)5-3-2-4-6-15/h7-8,18H,2-6,10,17H2,1H3. The summed E-state index contributed by atoms with van der Waals surface area (Å²) in [5.41, 5.74) is 7.22. The van der Waals surface area contributed by atoms with Crippen LogP contribution in [0.4, 0.5) is 0 Å². The molecule has 0 aliphatic heterocycles. The van der Waals surface area contributed by atoms with Gasteiger partial charge in [-0.25, -0.2) is 0 Å². The van der Waals surface area contributed by atoms with Crippen LogP contribution in [0.5, 0.6) is 11.5 Å². The Hall–Kier alpha value is -1.73. The van der Waals surface area contributed by atoms with Gasteiger partial charge >= 0.3 is 0 Å².